The van der Waals surface area contributed by atoms with E-state index in [4.69, 9.17) is 16.3 Å². The summed E-state index contributed by atoms with van der Waals surface area (Å²) >= 11 is 6.06. The second-order valence-electron chi connectivity index (χ2n) is 6.69. The number of hydrogen-bond donors (Lipinski definition) is 0. The number of nitrogens with zero attached hydrogens (tertiary/aromatic N) is 5. The summed E-state index contributed by atoms with van der Waals surface area (Å²) in [4.78, 5) is 4.40. The minimum Gasteiger partial charge on any atom is -0.360 e. The second-order valence-corrected chi connectivity index (χ2v) is 12.7. The van der Waals surface area contributed by atoms with Gasteiger partial charge in [0.2, 0.25) is 0 Å². The normalized spacial score (nSPS) is 12.2. The molecule has 0 bridgehead atoms. The van der Waals surface area contributed by atoms with Crippen molar-refractivity contribution in [1.82, 2.24) is 24.4 Å². The van der Waals surface area contributed by atoms with Gasteiger partial charge >= 0.3 is 0 Å². The highest BCUT2D eigenvalue weighted by Gasteiger charge is 2.13. The molecule has 3 aromatic heterocycles. The molecule has 8 heteroatoms. The van der Waals surface area contributed by atoms with E-state index in [-0.39, 0.29) is 0 Å². The monoisotopic (exact) mass is 349 g/mol. The van der Waals surface area contributed by atoms with Crippen molar-refractivity contribution in [2.24, 2.45) is 0 Å². The molecule has 0 fully saturated rings. The highest BCUT2D eigenvalue weighted by atomic mass is 35.5. The number of fused-ring (bicyclic) bond motifs is 1. The van der Waals surface area contributed by atoms with Gasteiger partial charge in [0.25, 0.3) is 0 Å². The van der Waals surface area contributed by atoms with Crippen LogP contribution >= 0.6 is 11.6 Å². The maximum atomic E-state index is 6.06. The smallest absolute Gasteiger partial charge is 0.148 e. The molecule has 0 aromatic carbocycles. The van der Waals surface area contributed by atoms with Crippen LogP contribution in [0.15, 0.2) is 30.9 Å². The van der Waals surface area contributed by atoms with Crippen LogP contribution in [0, 0.1) is 0 Å². The molecule has 0 aliphatic carbocycles. The van der Waals surface area contributed by atoms with E-state index in [2.05, 4.69) is 34.8 Å². The van der Waals surface area contributed by atoms with Crippen molar-refractivity contribution in [2.45, 2.75) is 32.4 Å². The maximum Gasteiger partial charge on any atom is 0.148 e. The van der Waals surface area contributed by atoms with Gasteiger partial charge in [0, 0.05) is 26.4 Å². The largest absolute Gasteiger partial charge is 0.360 e. The fourth-order valence-corrected chi connectivity index (χ4v) is 3.14. The molecular formula is C15H20ClN5OSi. The molecular weight excluding hydrogens is 330 g/mol. The molecule has 0 saturated carbocycles. The van der Waals surface area contributed by atoms with E-state index in [1.165, 1.54) is 0 Å². The lowest BCUT2D eigenvalue weighted by Crippen LogP contribution is -2.22. The predicted octanol–water partition coefficient (Wildman–Crippen LogP) is 3.56. The van der Waals surface area contributed by atoms with Crippen molar-refractivity contribution in [3.8, 4) is 11.3 Å². The Kier molecular flexibility index (Phi) is 4.52. The van der Waals surface area contributed by atoms with Crippen molar-refractivity contribution >= 4 is 25.2 Å². The summed E-state index contributed by atoms with van der Waals surface area (Å²) in [6.45, 7) is 8.23. The van der Waals surface area contributed by atoms with Crippen LogP contribution in [0.1, 0.15) is 0 Å². The van der Waals surface area contributed by atoms with Crippen molar-refractivity contribution < 1.29 is 4.74 Å². The summed E-state index contributed by atoms with van der Waals surface area (Å²) in [5.74, 6) is 0. The minimum absolute atomic E-state index is 0.398. The van der Waals surface area contributed by atoms with Gasteiger partial charge in [-0.3, -0.25) is 0 Å². The number of aromatic nitrogens is 5. The molecule has 0 amide bonds. The van der Waals surface area contributed by atoms with Crippen LogP contribution in [-0.4, -0.2) is 39.1 Å². The van der Waals surface area contributed by atoms with E-state index < -0.39 is 8.07 Å². The summed E-state index contributed by atoms with van der Waals surface area (Å²) in [6, 6.07) is 3.05. The van der Waals surface area contributed by atoms with Crippen LogP contribution in [0.4, 0.5) is 0 Å². The number of halogens is 1. The molecule has 0 saturated heterocycles. The second kappa shape index (κ2) is 6.43. The first-order valence-corrected chi connectivity index (χ1v) is 11.6. The third-order valence-corrected chi connectivity index (χ3v) is 5.37. The number of rotatable bonds is 6. The van der Waals surface area contributed by atoms with E-state index in [0.29, 0.717) is 11.9 Å². The Balaban J connectivity index is 1.72. The third-order valence-electron chi connectivity index (χ3n) is 3.49. The quantitative estimate of drug-likeness (QED) is 0.504. The lowest BCUT2D eigenvalue weighted by Gasteiger charge is -2.15. The van der Waals surface area contributed by atoms with Gasteiger partial charge in [-0.05, 0) is 12.1 Å². The molecule has 122 valence electrons. The third kappa shape index (κ3) is 3.98. The fourth-order valence-electron chi connectivity index (χ4n) is 2.20. The van der Waals surface area contributed by atoms with Crippen molar-refractivity contribution in [3.63, 3.8) is 0 Å². The zero-order valence-corrected chi connectivity index (χ0v) is 15.3. The number of ether oxygens (including phenoxy) is 1. The van der Waals surface area contributed by atoms with Crippen LogP contribution in [0.25, 0.3) is 16.8 Å². The Morgan fingerprint density at radius 1 is 1.22 bits per heavy atom. The summed E-state index contributed by atoms with van der Waals surface area (Å²) in [5, 5.41) is 8.94. The predicted molar refractivity (Wildman–Crippen MR) is 93.3 cm³/mol. The average molecular weight is 350 g/mol. The van der Waals surface area contributed by atoms with Gasteiger partial charge in [0.15, 0.2) is 0 Å². The minimum atomic E-state index is -1.06. The van der Waals surface area contributed by atoms with E-state index in [1.54, 1.807) is 27.8 Å². The SMILES string of the molecule is C[Si](C)(C)CCOCn1cc(-c2nc(Cl)cn3nccc23)cn1. The average Bonchev–Trinajstić information content (AvgIpc) is 3.10. The van der Waals surface area contributed by atoms with Crippen LogP contribution in [-0.2, 0) is 11.5 Å². The molecule has 0 aliphatic rings. The first-order valence-electron chi connectivity index (χ1n) is 7.53. The van der Waals surface area contributed by atoms with Gasteiger partial charge in [0.1, 0.15) is 17.6 Å². The Bertz CT molecular complexity index is 808. The van der Waals surface area contributed by atoms with Crippen molar-refractivity contribution in [3.05, 3.63) is 36.0 Å². The summed E-state index contributed by atoms with van der Waals surface area (Å²) in [5.41, 5.74) is 2.56. The topological polar surface area (TPSA) is 57.2 Å². The zero-order valence-electron chi connectivity index (χ0n) is 13.5. The Hall–Kier alpha value is -1.70. The molecule has 0 N–H and O–H groups in total. The van der Waals surface area contributed by atoms with Crippen LogP contribution in [0.5, 0.6) is 0 Å². The van der Waals surface area contributed by atoms with E-state index in [0.717, 1.165) is 29.4 Å². The van der Waals surface area contributed by atoms with E-state index in [1.807, 2.05) is 12.3 Å². The molecule has 0 unspecified atom stereocenters. The van der Waals surface area contributed by atoms with Crippen molar-refractivity contribution in [1.29, 1.82) is 0 Å². The molecule has 3 heterocycles. The molecule has 3 rings (SSSR count). The summed E-state index contributed by atoms with van der Waals surface area (Å²) < 4.78 is 9.20. The molecule has 0 aliphatic heterocycles. The first kappa shape index (κ1) is 16.2. The lowest BCUT2D eigenvalue weighted by atomic mass is 10.2. The van der Waals surface area contributed by atoms with Gasteiger partial charge in [-0.15, -0.1) is 0 Å². The maximum absolute atomic E-state index is 6.06. The van der Waals surface area contributed by atoms with Gasteiger partial charge in [-0.25, -0.2) is 14.2 Å². The standard InChI is InChI=1S/C15H20ClN5OSi/c1-23(2,3)7-6-22-11-20-9-12(8-18-20)15-13-4-5-17-21(13)10-14(16)19-15/h4-5,8-10H,6-7,11H2,1-3H3. The molecule has 0 spiro atoms. The zero-order chi connectivity index (χ0) is 16.4. The molecule has 0 atom stereocenters. The molecule has 0 radical (unpaired) electrons. The molecule has 6 nitrogen and oxygen atoms in total. The van der Waals surface area contributed by atoms with Gasteiger partial charge < -0.3 is 4.74 Å². The Morgan fingerprint density at radius 2 is 2.04 bits per heavy atom. The van der Waals surface area contributed by atoms with Crippen molar-refractivity contribution in [2.75, 3.05) is 6.61 Å². The lowest BCUT2D eigenvalue weighted by molar-refractivity contribution is 0.0786. The van der Waals surface area contributed by atoms with Gasteiger partial charge in [0.05, 0.1) is 24.1 Å². The first-order chi connectivity index (χ1) is 10.9. The highest BCUT2D eigenvalue weighted by molar-refractivity contribution is 6.76. The molecule has 3 aromatic rings. The van der Waals surface area contributed by atoms with E-state index in [9.17, 15) is 0 Å². The van der Waals surface area contributed by atoms with Crippen LogP contribution in [0.3, 0.4) is 0 Å². The van der Waals surface area contributed by atoms with Crippen LogP contribution in [0.2, 0.25) is 30.8 Å². The van der Waals surface area contributed by atoms with Gasteiger partial charge in [-0.2, -0.15) is 10.2 Å². The Labute approximate surface area is 141 Å². The number of hydrogen-bond acceptors (Lipinski definition) is 4. The van der Waals surface area contributed by atoms with E-state index >= 15 is 0 Å². The molecule has 23 heavy (non-hydrogen) atoms. The summed E-state index contributed by atoms with van der Waals surface area (Å²) in [7, 11) is -1.06. The van der Waals surface area contributed by atoms with Gasteiger partial charge in [-0.1, -0.05) is 31.2 Å². The highest BCUT2D eigenvalue weighted by Crippen LogP contribution is 2.23. The van der Waals surface area contributed by atoms with Crippen LogP contribution < -0.4 is 0 Å². The Morgan fingerprint density at radius 3 is 2.83 bits per heavy atom. The fraction of sp³-hybridized carbons (Fsp3) is 0.400. The summed E-state index contributed by atoms with van der Waals surface area (Å²) in [6.07, 6.45) is 7.10.